The van der Waals surface area contributed by atoms with Crippen molar-refractivity contribution in [2.75, 3.05) is 33.7 Å². The number of rotatable bonds is 7. The Morgan fingerprint density at radius 2 is 1.84 bits per heavy atom. The average Bonchev–Trinajstić information content (AvgIpc) is 2.79. The molecule has 1 amide bonds. The van der Waals surface area contributed by atoms with Crippen molar-refractivity contribution in [3.8, 4) is 0 Å². The summed E-state index contributed by atoms with van der Waals surface area (Å²) in [7, 11) is 3.47. The number of aryl methyl sites for hydroxylation is 1. The third-order valence-corrected chi connectivity index (χ3v) is 5.76. The zero-order valence-electron chi connectivity index (χ0n) is 18.9. The number of carbonyl (C=O) groups excluding carboxylic acids is 1. The number of likely N-dealkylation sites (tertiary alicyclic amines) is 1. The number of carbonyl (C=O) groups is 1. The Morgan fingerprint density at radius 3 is 2.55 bits per heavy atom. The molecular weight excluding hydrogens is 386 g/mol. The molecule has 31 heavy (non-hydrogen) atoms. The van der Waals surface area contributed by atoms with Gasteiger partial charge in [0.15, 0.2) is 5.96 Å². The Hall–Kier alpha value is -2.86. The summed E-state index contributed by atoms with van der Waals surface area (Å²) in [6.07, 6.45) is 3.06. The molecule has 0 bridgehead atoms. The van der Waals surface area contributed by atoms with Gasteiger partial charge in [0, 0.05) is 51.9 Å². The van der Waals surface area contributed by atoms with Crippen LogP contribution in [0.1, 0.15) is 39.9 Å². The summed E-state index contributed by atoms with van der Waals surface area (Å²) in [4.78, 5) is 18.7. The lowest BCUT2D eigenvalue weighted by atomic mass is 10.0. The Morgan fingerprint density at radius 1 is 1.10 bits per heavy atom. The molecule has 3 rings (SSSR count). The molecule has 2 aromatic carbocycles. The summed E-state index contributed by atoms with van der Waals surface area (Å²) >= 11 is 0. The molecule has 2 aromatic rings. The number of benzene rings is 2. The Balaban J connectivity index is 1.40. The number of hydrogen-bond donors (Lipinski definition) is 3. The second kappa shape index (κ2) is 11.5. The molecular formula is C25H35N5O. The molecule has 6 nitrogen and oxygen atoms in total. The highest BCUT2D eigenvalue weighted by molar-refractivity contribution is 5.94. The van der Waals surface area contributed by atoms with Crippen LogP contribution in [-0.4, -0.2) is 56.5 Å². The van der Waals surface area contributed by atoms with Crippen LogP contribution < -0.4 is 16.0 Å². The van der Waals surface area contributed by atoms with Gasteiger partial charge in [-0.05, 0) is 49.4 Å². The highest BCUT2D eigenvalue weighted by atomic mass is 16.1. The highest BCUT2D eigenvalue weighted by Crippen LogP contribution is 2.15. The summed E-state index contributed by atoms with van der Waals surface area (Å²) in [5.41, 5.74) is 4.54. The molecule has 3 N–H and O–H groups in total. The summed E-state index contributed by atoms with van der Waals surface area (Å²) in [5, 5.41) is 9.65. The zero-order chi connectivity index (χ0) is 22.1. The topological polar surface area (TPSA) is 68.8 Å². The molecule has 1 saturated heterocycles. The van der Waals surface area contributed by atoms with Crippen LogP contribution in [0.2, 0.25) is 0 Å². The smallest absolute Gasteiger partial charge is 0.251 e. The van der Waals surface area contributed by atoms with Crippen LogP contribution in [-0.2, 0) is 13.0 Å². The Kier molecular flexibility index (Phi) is 8.47. The van der Waals surface area contributed by atoms with Gasteiger partial charge in [0.25, 0.3) is 5.91 Å². The van der Waals surface area contributed by atoms with Crippen molar-refractivity contribution in [2.24, 2.45) is 4.99 Å². The minimum Gasteiger partial charge on any atom is -0.356 e. The van der Waals surface area contributed by atoms with E-state index >= 15 is 0 Å². The van der Waals surface area contributed by atoms with E-state index in [1.807, 2.05) is 31.3 Å². The monoisotopic (exact) mass is 421 g/mol. The fourth-order valence-corrected chi connectivity index (χ4v) is 4.03. The van der Waals surface area contributed by atoms with Gasteiger partial charge in [0.2, 0.25) is 0 Å². The van der Waals surface area contributed by atoms with Crippen molar-refractivity contribution in [1.29, 1.82) is 0 Å². The first-order valence-corrected chi connectivity index (χ1v) is 11.1. The quantitative estimate of drug-likeness (QED) is 0.475. The number of piperidine rings is 1. The molecule has 1 aliphatic heterocycles. The van der Waals surface area contributed by atoms with Gasteiger partial charge in [0.05, 0.1) is 0 Å². The maximum absolute atomic E-state index is 11.8. The van der Waals surface area contributed by atoms with Gasteiger partial charge in [-0.25, -0.2) is 0 Å². The number of hydrogen-bond acceptors (Lipinski definition) is 3. The van der Waals surface area contributed by atoms with Gasteiger partial charge >= 0.3 is 0 Å². The number of nitrogens with zero attached hydrogens (tertiary/aromatic N) is 2. The van der Waals surface area contributed by atoms with E-state index in [-0.39, 0.29) is 5.91 Å². The molecule has 0 aliphatic carbocycles. The van der Waals surface area contributed by atoms with E-state index in [0.717, 1.165) is 57.0 Å². The van der Waals surface area contributed by atoms with Crippen molar-refractivity contribution < 1.29 is 4.79 Å². The van der Waals surface area contributed by atoms with Crippen molar-refractivity contribution in [3.63, 3.8) is 0 Å². The van der Waals surface area contributed by atoms with Crippen molar-refractivity contribution in [3.05, 3.63) is 70.8 Å². The highest BCUT2D eigenvalue weighted by Gasteiger charge is 2.20. The first-order chi connectivity index (χ1) is 15.1. The molecule has 166 valence electrons. The third-order valence-electron chi connectivity index (χ3n) is 5.76. The van der Waals surface area contributed by atoms with Crippen LogP contribution in [0, 0.1) is 6.92 Å². The van der Waals surface area contributed by atoms with Crippen LogP contribution in [0.4, 0.5) is 0 Å². The number of aliphatic imine (C=N–C) groups is 1. The van der Waals surface area contributed by atoms with Crippen LogP contribution in [0.25, 0.3) is 0 Å². The minimum atomic E-state index is -0.0546. The molecule has 0 atom stereocenters. The average molecular weight is 422 g/mol. The van der Waals surface area contributed by atoms with E-state index in [4.69, 9.17) is 0 Å². The zero-order valence-corrected chi connectivity index (χ0v) is 18.9. The first-order valence-electron chi connectivity index (χ1n) is 11.1. The van der Waals surface area contributed by atoms with E-state index < -0.39 is 0 Å². The molecule has 0 unspecified atom stereocenters. The maximum Gasteiger partial charge on any atom is 0.251 e. The summed E-state index contributed by atoms with van der Waals surface area (Å²) in [5.74, 6) is 0.792. The molecule has 0 spiro atoms. The van der Waals surface area contributed by atoms with Gasteiger partial charge < -0.3 is 16.0 Å². The van der Waals surface area contributed by atoms with E-state index in [0.29, 0.717) is 11.6 Å². The van der Waals surface area contributed by atoms with E-state index in [9.17, 15) is 4.79 Å². The van der Waals surface area contributed by atoms with E-state index in [1.54, 1.807) is 7.05 Å². The van der Waals surface area contributed by atoms with Crippen molar-refractivity contribution in [1.82, 2.24) is 20.9 Å². The molecule has 0 radical (unpaired) electrons. The van der Waals surface area contributed by atoms with E-state index in [1.165, 1.54) is 11.1 Å². The number of guanidine groups is 1. The third kappa shape index (κ3) is 7.10. The first kappa shape index (κ1) is 22.8. The Labute approximate surface area is 186 Å². The maximum atomic E-state index is 11.8. The number of amides is 1. The second-order valence-corrected chi connectivity index (χ2v) is 8.21. The van der Waals surface area contributed by atoms with Gasteiger partial charge in [0.1, 0.15) is 0 Å². The van der Waals surface area contributed by atoms with Gasteiger partial charge in [-0.15, -0.1) is 0 Å². The molecule has 1 aliphatic rings. The Bertz CT molecular complexity index is 887. The molecule has 6 heteroatoms. The van der Waals surface area contributed by atoms with Crippen LogP contribution >= 0.6 is 0 Å². The molecule has 1 heterocycles. The largest absolute Gasteiger partial charge is 0.356 e. The van der Waals surface area contributed by atoms with Crippen molar-refractivity contribution in [2.45, 2.75) is 38.8 Å². The van der Waals surface area contributed by atoms with Gasteiger partial charge in [-0.2, -0.15) is 0 Å². The number of nitrogens with one attached hydrogen (secondary N) is 3. The standard InChI is InChI=1S/C25H35N5O/c1-19-6-4-8-21(16-19)18-30-14-11-23(12-15-30)29-25(27-3)28-13-10-20-7-5-9-22(17-20)24(31)26-2/h4-9,16-17,23H,10-15,18H2,1-3H3,(H,26,31)(H2,27,28,29). The summed E-state index contributed by atoms with van der Waals surface area (Å²) in [6, 6.07) is 17.0. The minimum absolute atomic E-state index is 0.0546. The lowest BCUT2D eigenvalue weighted by Crippen LogP contribution is -2.48. The van der Waals surface area contributed by atoms with Crippen LogP contribution in [0.15, 0.2) is 53.5 Å². The predicted octanol–water partition coefficient (Wildman–Crippen LogP) is 2.73. The fourth-order valence-electron chi connectivity index (χ4n) is 4.03. The summed E-state index contributed by atoms with van der Waals surface area (Å²) < 4.78 is 0. The SMILES string of the molecule is CN=C(NCCc1cccc(C(=O)NC)c1)NC1CCN(Cc2cccc(C)c2)CC1. The second-order valence-electron chi connectivity index (χ2n) is 8.21. The lowest BCUT2D eigenvalue weighted by Gasteiger charge is -2.33. The van der Waals surface area contributed by atoms with Crippen LogP contribution in [0.5, 0.6) is 0 Å². The molecule has 0 aromatic heterocycles. The fraction of sp³-hybridized carbons (Fsp3) is 0.440. The van der Waals surface area contributed by atoms with E-state index in [2.05, 4.69) is 57.0 Å². The molecule has 0 saturated carbocycles. The van der Waals surface area contributed by atoms with Gasteiger partial charge in [-0.3, -0.25) is 14.7 Å². The van der Waals surface area contributed by atoms with Crippen LogP contribution in [0.3, 0.4) is 0 Å². The van der Waals surface area contributed by atoms with Crippen molar-refractivity contribution >= 4 is 11.9 Å². The predicted molar refractivity (Wildman–Crippen MR) is 128 cm³/mol. The lowest BCUT2D eigenvalue weighted by molar-refractivity contribution is 0.0963. The summed E-state index contributed by atoms with van der Waals surface area (Å²) in [6.45, 7) is 6.13. The molecule has 1 fully saturated rings. The normalized spacial score (nSPS) is 15.5. The van der Waals surface area contributed by atoms with Gasteiger partial charge in [-0.1, -0.05) is 42.0 Å².